The van der Waals surface area contributed by atoms with Gasteiger partial charge in [-0.2, -0.15) is 0 Å². The number of amides is 1. The first-order valence-electron chi connectivity index (χ1n) is 7.44. The first-order valence-corrected chi connectivity index (χ1v) is 7.44. The van der Waals surface area contributed by atoms with Crippen molar-refractivity contribution in [1.29, 1.82) is 0 Å². The monoisotopic (exact) mass is 285 g/mol. The smallest absolute Gasteiger partial charge is 0.317 e. The minimum Gasteiger partial charge on any atom is -0.480 e. The van der Waals surface area contributed by atoms with Gasteiger partial charge < -0.3 is 15.3 Å². The van der Waals surface area contributed by atoms with Gasteiger partial charge in [-0.3, -0.25) is 14.5 Å². The molecule has 0 aliphatic carbocycles. The van der Waals surface area contributed by atoms with Gasteiger partial charge in [0.1, 0.15) is 0 Å². The van der Waals surface area contributed by atoms with Crippen molar-refractivity contribution in [3.8, 4) is 0 Å². The molecule has 0 bridgehead atoms. The van der Waals surface area contributed by atoms with E-state index in [9.17, 15) is 9.59 Å². The van der Waals surface area contributed by atoms with Crippen LogP contribution in [0.4, 0.5) is 0 Å². The van der Waals surface area contributed by atoms with E-state index in [0.717, 1.165) is 32.5 Å². The Hall–Kier alpha value is -1.14. The van der Waals surface area contributed by atoms with E-state index in [-0.39, 0.29) is 12.5 Å². The van der Waals surface area contributed by atoms with E-state index in [2.05, 4.69) is 19.2 Å². The van der Waals surface area contributed by atoms with Crippen molar-refractivity contribution in [1.82, 2.24) is 15.1 Å². The summed E-state index contributed by atoms with van der Waals surface area (Å²) in [6.07, 6.45) is 2.27. The number of hydrogen-bond donors (Lipinski definition) is 2. The van der Waals surface area contributed by atoms with Crippen molar-refractivity contribution in [2.45, 2.75) is 39.2 Å². The van der Waals surface area contributed by atoms with Crippen LogP contribution in [0, 0.1) is 0 Å². The molecule has 0 radical (unpaired) electrons. The summed E-state index contributed by atoms with van der Waals surface area (Å²) in [7, 11) is 0. The van der Waals surface area contributed by atoms with Crippen molar-refractivity contribution in [3.63, 3.8) is 0 Å². The van der Waals surface area contributed by atoms with E-state index in [1.54, 1.807) is 0 Å². The maximum absolute atomic E-state index is 12.1. The fourth-order valence-electron chi connectivity index (χ4n) is 2.36. The van der Waals surface area contributed by atoms with Crippen LogP contribution in [0.5, 0.6) is 0 Å². The summed E-state index contributed by atoms with van der Waals surface area (Å²) >= 11 is 0. The second kappa shape index (κ2) is 8.92. The molecule has 0 spiro atoms. The van der Waals surface area contributed by atoms with E-state index in [1.807, 2.05) is 9.80 Å². The molecule has 0 atom stereocenters. The van der Waals surface area contributed by atoms with Crippen LogP contribution in [0.1, 0.15) is 33.1 Å². The number of carbonyl (C=O) groups excluding carboxylic acids is 1. The molecule has 20 heavy (non-hydrogen) atoms. The molecule has 6 heteroatoms. The van der Waals surface area contributed by atoms with Gasteiger partial charge in [-0.25, -0.2) is 0 Å². The lowest BCUT2D eigenvalue weighted by Crippen LogP contribution is -2.37. The third kappa shape index (κ3) is 6.86. The van der Waals surface area contributed by atoms with Crippen LogP contribution >= 0.6 is 0 Å². The van der Waals surface area contributed by atoms with Crippen molar-refractivity contribution in [2.24, 2.45) is 0 Å². The minimum atomic E-state index is -0.801. The molecule has 0 aromatic heterocycles. The van der Waals surface area contributed by atoms with E-state index >= 15 is 0 Å². The molecule has 1 heterocycles. The predicted molar refractivity (Wildman–Crippen MR) is 77.6 cm³/mol. The van der Waals surface area contributed by atoms with Gasteiger partial charge in [0.25, 0.3) is 0 Å². The Balaban J connectivity index is 2.25. The number of nitrogens with one attached hydrogen (secondary N) is 1. The zero-order valence-corrected chi connectivity index (χ0v) is 12.6. The normalized spacial score (nSPS) is 17.2. The van der Waals surface area contributed by atoms with Crippen molar-refractivity contribution >= 4 is 11.9 Å². The molecule has 6 nitrogen and oxygen atoms in total. The van der Waals surface area contributed by atoms with Crippen LogP contribution in [0.3, 0.4) is 0 Å². The number of rotatable bonds is 7. The Morgan fingerprint density at radius 1 is 1.20 bits per heavy atom. The van der Waals surface area contributed by atoms with E-state index < -0.39 is 5.97 Å². The third-order valence-electron chi connectivity index (χ3n) is 3.42. The highest BCUT2D eigenvalue weighted by Gasteiger charge is 2.19. The molecule has 1 saturated heterocycles. The summed E-state index contributed by atoms with van der Waals surface area (Å²) in [5, 5.41) is 12.1. The zero-order chi connectivity index (χ0) is 15.0. The maximum atomic E-state index is 12.1. The Morgan fingerprint density at radius 3 is 2.60 bits per heavy atom. The average molecular weight is 285 g/mol. The molecule has 0 unspecified atom stereocenters. The van der Waals surface area contributed by atoms with Crippen LogP contribution in [0.15, 0.2) is 0 Å². The summed E-state index contributed by atoms with van der Waals surface area (Å²) in [5.41, 5.74) is 0. The lowest BCUT2D eigenvalue weighted by atomic mass is 10.2. The molecule has 0 aromatic carbocycles. The highest BCUT2D eigenvalue weighted by molar-refractivity contribution is 5.76. The summed E-state index contributed by atoms with van der Waals surface area (Å²) in [6.45, 7) is 7.91. The first kappa shape index (κ1) is 16.9. The van der Waals surface area contributed by atoms with Gasteiger partial charge in [-0.05, 0) is 19.4 Å². The molecule has 1 fully saturated rings. The van der Waals surface area contributed by atoms with Crippen LogP contribution < -0.4 is 5.32 Å². The van der Waals surface area contributed by atoms with E-state index in [4.69, 9.17) is 5.11 Å². The number of carboxylic acids is 1. The predicted octanol–water partition coefficient (Wildman–Crippen LogP) is 0.384. The second-order valence-electron chi connectivity index (χ2n) is 5.62. The van der Waals surface area contributed by atoms with Gasteiger partial charge in [-0.1, -0.05) is 13.8 Å². The summed E-state index contributed by atoms with van der Waals surface area (Å²) in [5.74, 6) is -0.614. The minimum absolute atomic E-state index is 0.0698. The third-order valence-corrected chi connectivity index (χ3v) is 3.42. The number of hydrogen-bond acceptors (Lipinski definition) is 4. The molecular formula is C14H27N3O3. The molecule has 1 aliphatic heterocycles. The fraction of sp³-hybridized carbons (Fsp3) is 0.857. The van der Waals surface area contributed by atoms with Crippen molar-refractivity contribution < 1.29 is 14.7 Å². The van der Waals surface area contributed by atoms with Crippen LogP contribution in [0.25, 0.3) is 0 Å². The SMILES string of the molecule is CC(C)NCCCC(=O)N1CCCN(CC(=O)O)CC1. The number of aliphatic carboxylic acids is 1. The summed E-state index contributed by atoms with van der Waals surface area (Å²) < 4.78 is 0. The van der Waals surface area contributed by atoms with E-state index in [0.29, 0.717) is 25.6 Å². The topological polar surface area (TPSA) is 72.9 Å². The first-order chi connectivity index (χ1) is 9.49. The molecule has 0 aromatic rings. The molecule has 1 rings (SSSR count). The number of nitrogens with zero attached hydrogens (tertiary/aromatic N) is 2. The van der Waals surface area contributed by atoms with Crippen molar-refractivity contribution in [3.05, 3.63) is 0 Å². The highest BCUT2D eigenvalue weighted by atomic mass is 16.4. The summed E-state index contributed by atoms with van der Waals surface area (Å²) in [4.78, 5) is 26.6. The Bertz CT molecular complexity index is 321. The molecular weight excluding hydrogens is 258 g/mol. The van der Waals surface area contributed by atoms with Gasteiger partial charge in [-0.15, -0.1) is 0 Å². The average Bonchev–Trinajstić information content (AvgIpc) is 2.59. The Labute approximate surface area is 121 Å². The maximum Gasteiger partial charge on any atom is 0.317 e. The van der Waals surface area contributed by atoms with Gasteiger partial charge in [0, 0.05) is 38.6 Å². The molecule has 1 amide bonds. The second-order valence-corrected chi connectivity index (χ2v) is 5.62. The number of carboxylic acid groups (broad SMARTS) is 1. The number of carbonyl (C=O) groups is 2. The van der Waals surface area contributed by atoms with Gasteiger partial charge in [0.2, 0.25) is 5.91 Å². The standard InChI is InChI=1S/C14H27N3O3/c1-12(2)15-6-3-5-13(18)17-8-4-7-16(9-10-17)11-14(19)20/h12,15H,3-11H2,1-2H3,(H,19,20). The molecule has 1 aliphatic rings. The van der Waals surface area contributed by atoms with Crippen LogP contribution in [-0.2, 0) is 9.59 Å². The highest BCUT2D eigenvalue weighted by Crippen LogP contribution is 2.06. The van der Waals surface area contributed by atoms with Gasteiger partial charge in [0.15, 0.2) is 0 Å². The Kier molecular flexibility index (Phi) is 7.54. The van der Waals surface area contributed by atoms with Crippen molar-refractivity contribution in [2.75, 3.05) is 39.3 Å². The summed E-state index contributed by atoms with van der Waals surface area (Å²) in [6, 6.07) is 0.452. The van der Waals surface area contributed by atoms with Gasteiger partial charge >= 0.3 is 5.97 Å². The largest absolute Gasteiger partial charge is 0.480 e. The molecule has 116 valence electrons. The lowest BCUT2D eigenvalue weighted by Gasteiger charge is -2.21. The quantitative estimate of drug-likeness (QED) is 0.662. The lowest BCUT2D eigenvalue weighted by molar-refractivity contribution is -0.138. The van der Waals surface area contributed by atoms with Gasteiger partial charge in [0.05, 0.1) is 6.54 Å². The molecule has 0 saturated carbocycles. The van der Waals surface area contributed by atoms with Crippen LogP contribution in [0.2, 0.25) is 0 Å². The molecule has 2 N–H and O–H groups in total. The van der Waals surface area contributed by atoms with E-state index in [1.165, 1.54) is 0 Å². The van der Waals surface area contributed by atoms with Crippen LogP contribution in [-0.4, -0.2) is 72.1 Å². The zero-order valence-electron chi connectivity index (χ0n) is 12.6. The fourth-order valence-corrected chi connectivity index (χ4v) is 2.36. The Morgan fingerprint density at radius 2 is 1.95 bits per heavy atom.